The summed E-state index contributed by atoms with van der Waals surface area (Å²) in [5.41, 5.74) is 1.91. The summed E-state index contributed by atoms with van der Waals surface area (Å²) in [6.45, 7) is 2.41. The molecule has 1 N–H and O–H groups in total. The van der Waals surface area contributed by atoms with E-state index in [-0.39, 0.29) is 17.9 Å². The molecule has 0 aliphatic heterocycles. The lowest BCUT2D eigenvalue weighted by molar-refractivity contribution is -0.384. The van der Waals surface area contributed by atoms with Crippen LogP contribution in [0, 0.1) is 25.0 Å². The van der Waals surface area contributed by atoms with Crippen LogP contribution in [0.25, 0.3) is 6.08 Å². The Kier molecular flexibility index (Phi) is 8.59. The number of halogens is 1. The van der Waals surface area contributed by atoms with Gasteiger partial charge in [0.25, 0.3) is 11.6 Å². The lowest BCUT2D eigenvalue weighted by atomic mass is 10.1. The SMILES string of the molecule is CCOc1cc(/C=C(\C#N)C(=O)Nc2ccc(I)cc2)ccc1OCc1ccc([N+](=O)[O-])cc1. The van der Waals surface area contributed by atoms with Crippen LogP contribution in [0.3, 0.4) is 0 Å². The van der Waals surface area contributed by atoms with Crippen LogP contribution in [0.5, 0.6) is 11.5 Å². The van der Waals surface area contributed by atoms with E-state index in [9.17, 15) is 20.2 Å². The van der Waals surface area contributed by atoms with Crippen molar-refractivity contribution in [3.05, 3.63) is 97.1 Å². The quantitative estimate of drug-likeness (QED) is 0.116. The molecule has 3 aromatic carbocycles. The summed E-state index contributed by atoms with van der Waals surface area (Å²) in [6, 6.07) is 20.3. The Morgan fingerprint density at radius 3 is 2.41 bits per heavy atom. The molecular formula is C25H20IN3O5. The highest BCUT2D eigenvalue weighted by molar-refractivity contribution is 14.1. The van der Waals surface area contributed by atoms with Gasteiger partial charge in [-0.2, -0.15) is 5.26 Å². The van der Waals surface area contributed by atoms with Crippen LogP contribution >= 0.6 is 22.6 Å². The summed E-state index contributed by atoms with van der Waals surface area (Å²) < 4.78 is 12.5. The number of nitrogens with zero attached hydrogens (tertiary/aromatic N) is 2. The number of nitro groups is 1. The van der Waals surface area contributed by atoms with Gasteiger partial charge in [-0.05, 0) is 95.2 Å². The number of amides is 1. The van der Waals surface area contributed by atoms with Crippen molar-refractivity contribution in [2.24, 2.45) is 0 Å². The Balaban J connectivity index is 1.75. The second-order valence-corrected chi connectivity index (χ2v) is 8.23. The van der Waals surface area contributed by atoms with E-state index >= 15 is 0 Å². The first-order valence-electron chi connectivity index (χ1n) is 10.2. The van der Waals surface area contributed by atoms with Crippen LogP contribution in [0.4, 0.5) is 11.4 Å². The Morgan fingerprint density at radius 2 is 1.79 bits per heavy atom. The molecular weight excluding hydrogens is 549 g/mol. The van der Waals surface area contributed by atoms with E-state index in [1.54, 1.807) is 42.5 Å². The van der Waals surface area contributed by atoms with Crippen LogP contribution in [0.2, 0.25) is 0 Å². The lowest BCUT2D eigenvalue weighted by Crippen LogP contribution is -2.13. The summed E-state index contributed by atoms with van der Waals surface area (Å²) in [5.74, 6) is 0.410. The van der Waals surface area contributed by atoms with E-state index in [1.165, 1.54) is 18.2 Å². The highest BCUT2D eigenvalue weighted by atomic mass is 127. The molecule has 0 saturated carbocycles. The minimum absolute atomic E-state index is 0.00856. The fourth-order valence-electron chi connectivity index (χ4n) is 2.92. The zero-order chi connectivity index (χ0) is 24.5. The first-order chi connectivity index (χ1) is 16.4. The molecule has 0 atom stereocenters. The highest BCUT2D eigenvalue weighted by Crippen LogP contribution is 2.30. The van der Waals surface area contributed by atoms with Crippen molar-refractivity contribution < 1.29 is 19.2 Å². The van der Waals surface area contributed by atoms with Gasteiger partial charge in [-0.25, -0.2) is 0 Å². The number of carbonyl (C=O) groups excluding carboxylic acids is 1. The van der Waals surface area contributed by atoms with Gasteiger partial charge < -0.3 is 14.8 Å². The molecule has 0 heterocycles. The monoisotopic (exact) mass is 569 g/mol. The normalized spacial score (nSPS) is 10.8. The van der Waals surface area contributed by atoms with Crippen molar-refractivity contribution in [3.8, 4) is 17.6 Å². The molecule has 0 fully saturated rings. The summed E-state index contributed by atoms with van der Waals surface area (Å²) in [4.78, 5) is 22.9. The van der Waals surface area contributed by atoms with Gasteiger partial charge in [0.1, 0.15) is 18.2 Å². The number of benzene rings is 3. The summed E-state index contributed by atoms with van der Waals surface area (Å²) in [5, 5.41) is 23.0. The molecule has 8 nitrogen and oxygen atoms in total. The molecule has 0 unspecified atom stereocenters. The van der Waals surface area contributed by atoms with E-state index in [0.717, 1.165) is 9.13 Å². The van der Waals surface area contributed by atoms with E-state index in [2.05, 4.69) is 27.9 Å². The van der Waals surface area contributed by atoms with Gasteiger partial charge >= 0.3 is 0 Å². The highest BCUT2D eigenvalue weighted by Gasteiger charge is 2.12. The van der Waals surface area contributed by atoms with Crippen LogP contribution in [0.15, 0.2) is 72.3 Å². The number of nitriles is 1. The number of hydrogen-bond acceptors (Lipinski definition) is 6. The van der Waals surface area contributed by atoms with E-state index in [4.69, 9.17) is 9.47 Å². The molecule has 0 aliphatic rings. The van der Waals surface area contributed by atoms with Gasteiger partial charge in [-0.15, -0.1) is 0 Å². The molecule has 0 aliphatic carbocycles. The predicted molar refractivity (Wildman–Crippen MR) is 136 cm³/mol. The number of carbonyl (C=O) groups is 1. The van der Waals surface area contributed by atoms with Crippen molar-refractivity contribution in [3.63, 3.8) is 0 Å². The number of rotatable bonds is 9. The standard InChI is InChI=1S/C25H20IN3O5/c1-2-33-24-14-18(13-19(15-27)25(30)28-21-8-6-20(26)7-9-21)5-12-23(24)34-16-17-3-10-22(11-4-17)29(31)32/h3-14H,2,16H2,1H3,(H,28,30)/b19-13+. The van der Waals surface area contributed by atoms with Gasteiger partial charge in [-0.3, -0.25) is 14.9 Å². The molecule has 0 radical (unpaired) electrons. The van der Waals surface area contributed by atoms with Crippen molar-refractivity contribution in [1.29, 1.82) is 5.26 Å². The molecule has 1 amide bonds. The predicted octanol–water partition coefficient (Wildman–Crippen LogP) is 5.72. The number of hydrogen-bond donors (Lipinski definition) is 1. The third-order valence-corrected chi connectivity index (χ3v) is 5.31. The van der Waals surface area contributed by atoms with Gasteiger partial charge in [-0.1, -0.05) is 6.07 Å². The van der Waals surface area contributed by atoms with Gasteiger partial charge in [0.05, 0.1) is 11.5 Å². The Morgan fingerprint density at radius 1 is 1.09 bits per heavy atom. The molecule has 3 aromatic rings. The molecule has 172 valence electrons. The summed E-state index contributed by atoms with van der Waals surface area (Å²) >= 11 is 2.17. The minimum atomic E-state index is -0.514. The maximum Gasteiger partial charge on any atom is 0.269 e. The third kappa shape index (κ3) is 6.79. The third-order valence-electron chi connectivity index (χ3n) is 4.59. The molecule has 0 spiro atoms. The maximum atomic E-state index is 12.5. The van der Waals surface area contributed by atoms with Crippen molar-refractivity contribution in [2.45, 2.75) is 13.5 Å². The fraction of sp³-hybridized carbons (Fsp3) is 0.120. The molecule has 0 aromatic heterocycles. The maximum absolute atomic E-state index is 12.5. The zero-order valence-electron chi connectivity index (χ0n) is 18.2. The largest absolute Gasteiger partial charge is 0.490 e. The minimum Gasteiger partial charge on any atom is -0.490 e. The first-order valence-corrected chi connectivity index (χ1v) is 11.3. The number of nitro benzene ring substituents is 1. The molecule has 9 heteroatoms. The van der Waals surface area contributed by atoms with Gasteiger partial charge in [0.15, 0.2) is 11.5 Å². The number of non-ortho nitro benzene ring substituents is 1. The smallest absolute Gasteiger partial charge is 0.269 e. The molecule has 3 rings (SSSR count). The van der Waals surface area contributed by atoms with Gasteiger partial charge in [0.2, 0.25) is 0 Å². The fourth-order valence-corrected chi connectivity index (χ4v) is 3.28. The van der Waals surface area contributed by atoms with Crippen molar-refractivity contribution in [1.82, 2.24) is 0 Å². The molecule has 0 saturated heterocycles. The number of nitrogens with one attached hydrogen (secondary N) is 1. The Labute approximate surface area is 210 Å². The topological polar surface area (TPSA) is 114 Å². The first kappa shape index (κ1) is 24.7. The second-order valence-electron chi connectivity index (χ2n) is 6.98. The van der Waals surface area contributed by atoms with Crippen LogP contribution < -0.4 is 14.8 Å². The number of ether oxygens (including phenoxy) is 2. The zero-order valence-corrected chi connectivity index (χ0v) is 20.3. The Hall–Kier alpha value is -3.91. The molecule has 34 heavy (non-hydrogen) atoms. The molecule has 0 bridgehead atoms. The Bertz CT molecular complexity index is 1250. The average Bonchev–Trinajstić information content (AvgIpc) is 2.83. The van der Waals surface area contributed by atoms with Gasteiger partial charge in [0, 0.05) is 21.4 Å². The van der Waals surface area contributed by atoms with Crippen molar-refractivity contribution in [2.75, 3.05) is 11.9 Å². The van der Waals surface area contributed by atoms with E-state index in [1.807, 2.05) is 25.1 Å². The summed E-state index contributed by atoms with van der Waals surface area (Å²) in [6.07, 6.45) is 1.48. The van der Waals surface area contributed by atoms with Crippen LogP contribution in [-0.4, -0.2) is 17.4 Å². The summed E-state index contributed by atoms with van der Waals surface area (Å²) in [7, 11) is 0. The van der Waals surface area contributed by atoms with Crippen LogP contribution in [-0.2, 0) is 11.4 Å². The van der Waals surface area contributed by atoms with Crippen molar-refractivity contribution >= 4 is 45.9 Å². The second kappa shape index (κ2) is 11.8. The number of anilines is 1. The van der Waals surface area contributed by atoms with E-state index < -0.39 is 10.8 Å². The average molecular weight is 569 g/mol. The van der Waals surface area contributed by atoms with E-state index in [0.29, 0.717) is 29.4 Å². The van der Waals surface area contributed by atoms with Crippen LogP contribution in [0.1, 0.15) is 18.1 Å². The lowest BCUT2D eigenvalue weighted by Gasteiger charge is -2.13.